The second kappa shape index (κ2) is 9.09. The number of anilines is 1. The number of hydrogen-bond donors (Lipinski definition) is 1. The van der Waals surface area contributed by atoms with Gasteiger partial charge in [0.25, 0.3) is 11.8 Å². The summed E-state index contributed by atoms with van der Waals surface area (Å²) in [5.74, 6) is -1.94. The van der Waals surface area contributed by atoms with E-state index in [1.807, 2.05) is 55.5 Å². The molecule has 35 heavy (non-hydrogen) atoms. The molecule has 174 valence electrons. The molecule has 1 N–H and O–H groups in total. The van der Waals surface area contributed by atoms with Crippen molar-refractivity contribution in [3.05, 3.63) is 106 Å². The van der Waals surface area contributed by atoms with Gasteiger partial charge in [0.15, 0.2) is 5.11 Å². The Morgan fingerprint density at radius 2 is 1.69 bits per heavy atom. The van der Waals surface area contributed by atoms with Gasteiger partial charge in [-0.05, 0) is 55.0 Å². The number of thiocarbonyl (C=S) groups is 1. The normalized spacial score (nSPS) is 15.2. The van der Waals surface area contributed by atoms with E-state index in [-0.39, 0.29) is 16.4 Å². The number of benzene rings is 3. The number of aromatic nitrogens is 1. The van der Waals surface area contributed by atoms with Crippen LogP contribution in [0.1, 0.15) is 16.8 Å². The second-order valence-electron chi connectivity index (χ2n) is 8.10. The number of para-hydroxylation sites is 2. The highest BCUT2D eigenvalue weighted by atomic mass is 35.5. The van der Waals surface area contributed by atoms with Crippen LogP contribution in [-0.4, -0.2) is 21.5 Å². The van der Waals surface area contributed by atoms with Crippen molar-refractivity contribution in [2.45, 2.75) is 13.5 Å². The Balaban J connectivity index is 1.64. The maximum Gasteiger partial charge on any atom is 0.270 e. The molecule has 0 atom stereocenters. The minimum Gasteiger partial charge on any atom is -0.340 e. The van der Waals surface area contributed by atoms with Crippen molar-refractivity contribution in [3.63, 3.8) is 0 Å². The first-order chi connectivity index (χ1) is 16.9. The summed E-state index contributed by atoms with van der Waals surface area (Å²) in [4.78, 5) is 27.3. The number of hydrogen-bond acceptors (Lipinski definition) is 3. The molecule has 5 rings (SSSR count). The van der Waals surface area contributed by atoms with Gasteiger partial charge in [0.1, 0.15) is 11.4 Å². The molecule has 2 heterocycles. The Bertz CT molecular complexity index is 1560. The molecule has 1 saturated heterocycles. The van der Waals surface area contributed by atoms with Crippen LogP contribution in [0.3, 0.4) is 0 Å². The van der Waals surface area contributed by atoms with Gasteiger partial charge in [0, 0.05) is 33.7 Å². The molecule has 0 radical (unpaired) electrons. The molecule has 1 aliphatic heterocycles. The van der Waals surface area contributed by atoms with E-state index >= 15 is 0 Å². The van der Waals surface area contributed by atoms with Crippen molar-refractivity contribution in [2.75, 3.05) is 4.90 Å². The van der Waals surface area contributed by atoms with Crippen LogP contribution in [-0.2, 0) is 16.1 Å². The molecular weight excluding hydrogens is 485 g/mol. The van der Waals surface area contributed by atoms with Gasteiger partial charge in [-0.1, -0.05) is 60.1 Å². The number of fused-ring (bicyclic) bond motifs is 1. The molecule has 0 saturated carbocycles. The van der Waals surface area contributed by atoms with Gasteiger partial charge in [-0.25, -0.2) is 9.29 Å². The Hall–Kier alpha value is -3.81. The number of nitrogens with zero attached hydrogens (tertiary/aromatic N) is 2. The van der Waals surface area contributed by atoms with Crippen molar-refractivity contribution in [1.29, 1.82) is 0 Å². The summed E-state index contributed by atoms with van der Waals surface area (Å²) in [7, 11) is 0. The predicted octanol–water partition coefficient (Wildman–Crippen LogP) is 5.62. The molecule has 0 bridgehead atoms. The van der Waals surface area contributed by atoms with Gasteiger partial charge in [0.2, 0.25) is 0 Å². The van der Waals surface area contributed by atoms with E-state index in [1.54, 1.807) is 12.1 Å². The lowest BCUT2D eigenvalue weighted by Gasteiger charge is -2.29. The summed E-state index contributed by atoms with van der Waals surface area (Å²) >= 11 is 11.6. The molecule has 0 unspecified atom stereocenters. The number of nitrogens with one attached hydrogen (secondary N) is 1. The van der Waals surface area contributed by atoms with Crippen molar-refractivity contribution < 1.29 is 14.0 Å². The minimum atomic E-state index is -0.689. The third-order valence-corrected chi connectivity index (χ3v) is 6.70. The number of halogens is 2. The summed E-state index contributed by atoms with van der Waals surface area (Å²) in [6.07, 6.45) is 1.55. The van der Waals surface area contributed by atoms with Crippen LogP contribution in [0.25, 0.3) is 17.0 Å². The number of carbonyl (C=O) groups is 2. The summed E-state index contributed by atoms with van der Waals surface area (Å²) in [5.41, 5.74) is 3.29. The zero-order chi connectivity index (χ0) is 24.7. The van der Waals surface area contributed by atoms with Crippen LogP contribution in [0.5, 0.6) is 0 Å². The van der Waals surface area contributed by atoms with Gasteiger partial charge in [0.05, 0.1) is 5.69 Å². The van der Waals surface area contributed by atoms with E-state index in [0.717, 1.165) is 27.1 Å². The Morgan fingerprint density at radius 1 is 1.00 bits per heavy atom. The number of amides is 2. The lowest BCUT2D eigenvalue weighted by molar-refractivity contribution is -0.122. The van der Waals surface area contributed by atoms with Gasteiger partial charge < -0.3 is 4.57 Å². The van der Waals surface area contributed by atoms with E-state index < -0.39 is 17.6 Å². The Morgan fingerprint density at radius 3 is 2.46 bits per heavy atom. The van der Waals surface area contributed by atoms with Gasteiger partial charge in [-0.3, -0.25) is 14.9 Å². The van der Waals surface area contributed by atoms with Crippen molar-refractivity contribution in [1.82, 2.24) is 9.88 Å². The molecule has 0 aliphatic carbocycles. The molecule has 3 aromatic carbocycles. The lowest BCUT2D eigenvalue weighted by atomic mass is 10.0. The fourth-order valence-electron chi connectivity index (χ4n) is 4.29. The van der Waals surface area contributed by atoms with Crippen LogP contribution in [0.4, 0.5) is 10.1 Å². The van der Waals surface area contributed by atoms with E-state index in [2.05, 4.69) is 9.88 Å². The van der Waals surface area contributed by atoms with Gasteiger partial charge >= 0.3 is 0 Å². The maximum absolute atomic E-state index is 14.5. The third-order valence-electron chi connectivity index (χ3n) is 6.05. The summed E-state index contributed by atoms with van der Waals surface area (Å²) < 4.78 is 16.6. The van der Waals surface area contributed by atoms with Gasteiger partial charge in [-0.15, -0.1) is 0 Å². The van der Waals surface area contributed by atoms with Crippen LogP contribution in [0.2, 0.25) is 5.02 Å². The highest BCUT2D eigenvalue weighted by Crippen LogP contribution is 2.31. The quantitative estimate of drug-likeness (QED) is 0.223. The smallest absolute Gasteiger partial charge is 0.270 e. The number of rotatable bonds is 4. The number of carbonyl (C=O) groups excluding carboxylic acids is 2. The van der Waals surface area contributed by atoms with Crippen molar-refractivity contribution in [3.8, 4) is 0 Å². The van der Waals surface area contributed by atoms with Crippen LogP contribution >= 0.6 is 23.8 Å². The predicted molar refractivity (Wildman–Crippen MR) is 140 cm³/mol. The molecule has 5 nitrogen and oxygen atoms in total. The molecule has 1 aliphatic rings. The molecular formula is C27H19ClFN3O2S. The fourth-order valence-corrected chi connectivity index (χ4v) is 4.76. The first kappa shape index (κ1) is 23.0. The zero-order valence-electron chi connectivity index (χ0n) is 18.6. The largest absolute Gasteiger partial charge is 0.340 e. The maximum atomic E-state index is 14.5. The second-order valence-corrected chi connectivity index (χ2v) is 8.90. The van der Waals surface area contributed by atoms with E-state index in [1.165, 1.54) is 18.2 Å². The highest BCUT2D eigenvalue weighted by Gasteiger charge is 2.36. The molecule has 0 spiro atoms. The van der Waals surface area contributed by atoms with Crippen molar-refractivity contribution in [2.24, 2.45) is 0 Å². The van der Waals surface area contributed by atoms with Crippen molar-refractivity contribution >= 4 is 63.4 Å². The topological polar surface area (TPSA) is 54.3 Å². The van der Waals surface area contributed by atoms with Crippen LogP contribution < -0.4 is 10.2 Å². The minimum absolute atomic E-state index is 0.0220. The zero-order valence-corrected chi connectivity index (χ0v) is 20.2. The summed E-state index contributed by atoms with van der Waals surface area (Å²) in [5, 5.41) is 3.87. The monoisotopic (exact) mass is 503 g/mol. The Kier molecular flexibility index (Phi) is 5.96. The summed E-state index contributed by atoms with van der Waals surface area (Å²) in [6, 6.07) is 21.1. The molecule has 4 aromatic rings. The fraction of sp³-hybridized carbons (Fsp3) is 0.0741. The average Bonchev–Trinajstić information content (AvgIpc) is 3.10. The average molecular weight is 504 g/mol. The molecule has 8 heteroatoms. The summed E-state index contributed by atoms with van der Waals surface area (Å²) in [6.45, 7) is 2.44. The van der Waals surface area contributed by atoms with E-state index in [9.17, 15) is 14.0 Å². The third kappa shape index (κ3) is 4.03. The lowest BCUT2D eigenvalue weighted by Crippen LogP contribution is -2.54. The highest BCUT2D eigenvalue weighted by molar-refractivity contribution is 7.80. The SMILES string of the molecule is Cc1c(/C=C2\C(=O)NC(=S)N(c3ccccc3F)C2=O)c2ccccc2n1Cc1ccccc1Cl. The van der Waals surface area contributed by atoms with Crippen LogP contribution in [0.15, 0.2) is 78.4 Å². The Labute approximate surface area is 211 Å². The van der Waals surface area contributed by atoms with E-state index in [0.29, 0.717) is 17.1 Å². The molecule has 2 amide bonds. The van der Waals surface area contributed by atoms with E-state index in [4.69, 9.17) is 23.8 Å². The molecule has 1 aromatic heterocycles. The van der Waals surface area contributed by atoms with Gasteiger partial charge in [-0.2, -0.15) is 0 Å². The first-order valence-electron chi connectivity index (χ1n) is 10.8. The molecule has 1 fully saturated rings. The van der Waals surface area contributed by atoms with Crippen LogP contribution in [0, 0.1) is 12.7 Å². The first-order valence-corrected chi connectivity index (χ1v) is 11.6. The standard InChI is InChI=1S/C27H19ClFN3O2S/c1-16-19(18-9-3-6-12-23(18)31(16)15-17-8-2-4-10-21(17)28)14-20-25(33)30-27(35)32(26(20)34)24-13-7-5-11-22(24)29/h2-14H,15H2,1H3,(H,30,33,35)/b20-14+.